The lowest BCUT2D eigenvalue weighted by atomic mass is 9.77. The van der Waals surface area contributed by atoms with Gasteiger partial charge in [0.1, 0.15) is 9.35 Å². The molecule has 1 fully saturated rings. The molecule has 1 aliphatic heterocycles. The van der Waals surface area contributed by atoms with E-state index in [1.54, 1.807) is 0 Å². The molecule has 2 aromatic heterocycles. The number of fused-ring (bicyclic) bond motifs is 1. The molecule has 166 valence electrons. The second-order valence-corrected chi connectivity index (χ2v) is 17.2. The monoisotopic (exact) mass is 544 g/mol. The molecule has 0 N–H and O–H groups in total. The van der Waals surface area contributed by atoms with E-state index in [0.29, 0.717) is 25.8 Å². The highest BCUT2D eigenvalue weighted by atomic mass is 127. The molecule has 0 bridgehead atoms. The molecular formula is C22H35BFIN2O2Si. The minimum absolute atomic E-state index is 0.342. The number of hydrogen-bond donors (Lipinski definition) is 0. The minimum atomic E-state index is -2.03. The second-order valence-electron chi connectivity index (χ2n) is 10.5. The molecule has 8 heteroatoms. The molecule has 0 unspecified atom stereocenters. The molecule has 1 saturated heterocycles. The summed E-state index contributed by atoms with van der Waals surface area (Å²) in [7, 11) is -2.78. The summed E-state index contributed by atoms with van der Waals surface area (Å²) >= 11 is 2.00. The number of halogens is 2. The molecule has 0 atom stereocenters. The highest BCUT2D eigenvalue weighted by Gasteiger charge is 2.54. The zero-order chi connectivity index (χ0) is 22.8. The first-order valence-electron chi connectivity index (χ1n) is 10.9. The van der Waals surface area contributed by atoms with Gasteiger partial charge in [0.15, 0.2) is 14.1 Å². The van der Waals surface area contributed by atoms with Crippen LogP contribution in [0.5, 0.6) is 0 Å². The number of pyridine rings is 1. The van der Waals surface area contributed by atoms with Gasteiger partial charge in [-0.05, 0) is 79.2 Å². The third-order valence-electron chi connectivity index (χ3n) is 7.45. The van der Waals surface area contributed by atoms with Gasteiger partial charge in [-0.2, -0.15) is 0 Å². The predicted molar refractivity (Wildman–Crippen MR) is 135 cm³/mol. The zero-order valence-electron chi connectivity index (χ0n) is 19.9. The predicted octanol–water partition coefficient (Wildman–Crippen LogP) is 6.10. The maximum Gasteiger partial charge on any atom is 0.498 e. The van der Waals surface area contributed by atoms with Crippen molar-refractivity contribution in [2.45, 2.75) is 97.1 Å². The van der Waals surface area contributed by atoms with Crippen molar-refractivity contribution >= 4 is 54.4 Å². The fourth-order valence-electron chi connectivity index (χ4n) is 5.46. The van der Waals surface area contributed by atoms with Crippen LogP contribution in [0.4, 0.5) is 4.39 Å². The lowest BCUT2D eigenvalue weighted by Crippen LogP contribution is -2.52. The molecule has 3 rings (SSSR count). The van der Waals surface area contributed by atoms with Crippen LogP contribution < -0.4 is 5.46 Å². The topological polar surface area (TPSA) is 36.3 Å². The molecule has 1 aliphatic rings. The smallest absolute Gasteiger partial charge is 0.399 e. The molecule has 3 heterocycles. The summed E-state index contributed by atoms with van der Waals surface area (Å²) in [6, 6.07) is 2.01. The standard InChI is InChI=1S/C22H35BFIN2O2Si/c1-13(2)30(14(3)4,15(5)6)27-12-11-16-17(18(24)19(25)26-20(16)27)23-28-21(7,8)22(9,10)29-23/h11-15H,1-10H3. The van der Waals surface area contributed by atoms with Gasteiger partial charge in [-0.3, -0.25) is 0 Å². The van der Waals surface area contributed by atoms with Gasteiger partial charge in [0, 0.05) is 10.8 Å². The van der Waals surface area contributed by atoms with Gasteiger partial charge in [0.2, 0.25) is 0 Å². The Labute approximate surface area is 195 Å². The van der Waals surface area contributed by atoms with E-state index in [2.05, 4.69) is 52.0 Å². The third kappa shape index (κ3) is 3.40. The van der Waals surface area contributed by atoms with Crippen LogP contribution >= 0.6 is 22.6 Å². The molecule has 0 amide bonds. The zero-order valence-corrected chi connectivity index (χ0v) is 23.1. The van der Waals surface area contributed by atoms with E-state index in [9.17, 15) is 0 Å². The molecule has 0 radical (unpaired) electrons. The molecular weight excluding hydrogens is 509 g/mol. The molecule has 0 spiro atoms. The van der Waals surface area contributed by atoms with E-state index in [1.165, 1.54) is 0 Å². The van der Waals surface area contributed by atoms with Gasteiger partial charge in [0.25, 0.3) is 0 Å². The Balaban J connectivity index is 2.30. The van der Waals surface area contributed by atoms with Crippen LogP contribution in [0, 0.1) is 9.52 Å². The van der Waals surface area contributed by atoms with Crippen molar-refractivity contribution in [3.63, 3.8) is 0 Å². The third-order valence-corrected chi connectivity index (χ3v) is 14.9. The molecule has 2 aromatic rings. The Morgan fingerprint density at radius 1 is 1.00 bits per heavy atom. The van der Waals surface area contributed by atoms with Crippen LogP contribution in [-0.4, -0.2) is 35.8 Å². The summed E-state index contributed by atoms with van der Waals surface area (Å²) in [6.45, 7) is 21.9. The van der Waals surface area contributed by atoms with Gasteiger partial charge in [-0.25, -0.2) is 9.37 Å². The summed E-state index contributed by atoms with van der Waals surface area (Å²) in [5.41, 5.74) is 1.81. The van der Waals surface area contributed by atoms with Crippen LogP contribution in [0.2, 0.25) is 16.6 Å². The first kappa shape index (κ1) is 24.2. The first-order chi connectivity index (χ1) is 13.7. The maximum absolute atomic E-state index is 15.4. The summed E-state index contributed by atoms with van der Waals surface area (Å²) in [4.78, 5) is 4.75. The van der Waals surface area contributed by atoms with Crippen LogP contribution in [0.25, 0.3) is 11.0 Å². The van der Waals surface area contributed by atoms with Crippen molar-refractivity contribution in [2.75, 3.05) is 0 Å². The molecule has 30 heavy (non-hydrogen) atoms. The van der Waals surface area contributed by atoms with E-state index in [1.807, 2.05) is 56.4 Å². The molecule has 0 saturated carbocycles. The Bertz CT molecular complexity index is 920. The number of rotatable bonds is 5. The number of hydrogen-bond acceptors (Lipinski definition) is 3. The van der Waals surface area contributed by atoms with Crippen molar-refractivity contribution in [3.05, 3.63) is 21.8 Å². The Hall–Kier alpha value is -0.448. The quantitative estimate of drug-likeness (QED) is 0.259. The van der Waals surface area contributed by atoms with Crippen LogP contribution in [0.3, 0.4) is 0 Å². The van der Waals surface area contributed by atoms with Crippen LogP contribution in [-0.2, 0) is 9.31 Å². The van der Waals surface area contributed by atoms with Gasteiger partial charge >= 0.3 is 7.12 Å². The summed E-state index contributed by atoms with van der Waals surface area (Å²) < 4.78 is 30.7. The van der Waals surface area contributed by atoms with Crippen molar-refractivity contribution in [1.82, 2.24) is 9.22 Å². The fourth-order valence-corrected chi connectivity index (χ4v) is 12.5. The van der Waals surface area contributed by atoms with Gasteiger partial charge in [0.05, 0.1) is 11.2 Å². The van der Waals surface area contributed by atoms with Crippen molar-refractivity contribution in [2.24, 2.45) is 0 Å². The maximum atomic E-state index is 15.4. The first-order valence-corrected chi connectivity index (χ1v) is 14.2. The summed E-state index contributed by atoms with van der Waals surface area (Å²) in [6.07, 6.45) is 2.13. The largest absolute Gasteiger partial charge is 0.498 e. The lowest BCUT2D eigenvalue weighted by molar-refractivity contribution is 0.00578. The summed E-state index contributed by atoms with van der Waals surface area (Å²) in [5.74, 6) is -0.342. The van der Waals surface area contributed by atoms with Crippen molar-refractivity contribution in [1.29, 1.82) is 0 Å². The van der Waals surface area contributed by atoms with Gasteiger partial charge in [-0.1, -0.05) is 41.5 Å². The average molecular weight is 544 g/mol. The van der Waals surface area contributed by atoms with E-state index in [-0.39, 0.29) is 5.82 Å². The minimum Gasteiger partial charge on any atom is -0.399 e. The second kappa shape index (κ2) is 7.85. The van der Waals surface area contributed by atoms with Gasteiger partial charge in [-0.15, -0.1) is 0 Å². The Morgan fingerprint density at radius 2 is 1.47 bits per heavy atom. The van der Waals surface area contributed by atoms with Crippen molar-refractivity contribution in [3.8, 4) is 0 Å². The highest BCUT2D eigenvalue weighted by molar-refractivity contribution is 14.1. The van der Waals surface area contributed by atoms with Gasteiger partial charge < -0.3 is 13.5 Å². The lowest BCUT2D eigenvalue weighted by Gasteiger charge is -2.44. The normalized spacial score (nSPS) is 19.1. The van der Waals surface area contributed by atoms with E-state index < -0.39 is 26.6 Å². The Morgan fingerprint density at radius 3 is 1.90 bits per heavy atom. The Kier molecular flexibility index (Phi) is 6.33. The number of aromatic nitrogens is 2. The van der Waals surface area contributed by atoms with E-state index in [4.69, 9.17) is 14.3 Å². The average Bonchev–Trinajstić information content (AvgIpc) is 3.06. The summed E-state index contributed by atoms with van der Waals surface area (Å²) in [5, 5.41) is 0.797. The van der Waals surface area contributed by atoms with Crippen LogP contribution in [0.15, 0.2) is 12.3 Å². The molecule has 4 nitrogen and oxygen atoms in total. The highest BCUT2D eigenvalue weighted by Crippen LogP contribution is 2.44. The molecule has 0 aromatic carbocycles. The SMILES string of the molecule is CC(C)[Si](C(C)C)(C(C)C)n1ccc2c(B3OC(C)(C)C(C)(C)O3)c(F)c(I)nc21. The van der Waals surface area contributed by atoms with Crippen LogP contribution in [0.1, 0.15) is 69.2 Å². The van der Waals surface area contributed by atoms with E-state index >= 15 is 4.39 Å². The van der Waals surface area contributed by atoms with E-state index in [0.717, 1.165) is 11.0 Å². The fraction of sp³-hybridized carbons (Fsp3) is 0.682. The van der Waals surface area contributed by atoms with Crippen molar-refractivity contribution < 1.29 is 13.7 Å². The molecule has 0 aliphatic carbocycles. The number of nitrogens with zero attached hydrogens (tertiary/aromatic N) is 2.